The molecule has 2 aromatic rings. The SMILES string of the molecule is CN1OC(C)(CC(=O)N2CCc3ccccc3C2)N=C1c1ccc(Br)cc1. The van der Waals surface area contributed by atoms with Crippen molar-refractivity contribution in [3.05, 3.63) is 69.7 Å². The number of benzene rings is 2. The number of rotatable bonds is 3. The van der Waals surface area contributed by atoms with E-state index in [0.717, 1.165) is 28.8 Å². The quantitative estimate of drug-likeness (QED) is 0.748. The van der Waals surface area contributed by atoms with E-state index in [1.807, 2.05) is 49.2 Å². The summed E-state index contributed by atoms with van der Waals surface area (Å²) in [6.07, 6.45) is 1.12. The Morgan fingerprint density at radius 3 is 2.63 bits per heavy atom. The van der Waals surface area contributed by atoms with Crippen molar-refractivity contribution in [1.29, 1.82) is 0 Å². The van der Waals surface area contributed by atoms with Gasteiger partial charge in [0.1, 0.15) is 0 Å². The predicted octanol–water partition coefficient (Wildman–Crippen LogP) is 3.76. The average Bonchev–Trinajstić information content (AvgIpc) is 2.96. The van der Waals surface area contributed by atoms with Gasteiger partial charge in [-0.2, -0.15) is 0 Å². The van der Waals surface area contributed by atoms with Crippen molar-refractivity contribution in [3.8, 4) is 0 Å². The van der Waals surface area contributed by atoms with Gasteiger partial charge in [-0.3, -0.25) is 4.79 Å². The number of hydrogen-bond donors (Lipinski definition) is 0. The zero-order chi connectivity index (χ0) is 19.0. The molecule has 0 saturated heterocycles. The van der Waals surface area contributed by atoms with E-state index < -0.39 is 5.72 Å². The van der Waals surface area contributed by atoms with Gasteiger partial charge in [-0.25, -0.2) is 14.9 Å². The van der Waals surface area contributed by atoms with Crippen molar-refractivity contribution in [3.63, 3.8) is 0 Å². The van der Waals surface area contributed by atoms with Crippen molar-refractivity contribution >= 4 is 27.7 Å². The number of hydrogen-bond acceptors (Lipinski definition) is 4. The molecular weight excluding hydrogens is 406 g/mol. The summed E-state index contributed by atoms with van der Waals surface area (Å²) in [5.74, 6) is 0.808. The third kappa shape index (κ3) is 3.77. The maximum Gasteiger partial charge on any atom is 0.227 e. The summed E-state index contributed by atoms with van der Waals surface area (Å²) in [6.45, 7) is 3.26. The monoisotopic (exact) mass is 427 g/mol. The van der Waals surface area contributed by atoms with Crippen molar-refractivity contribution in [2.24, 2.45) is 4.99 Å². The minimum Gasteiger partial charge on any atom is -0.338 e. The molecule has 2 aliphatic heterocycles. The molecule has 0 bridgehead atoms. The van der Waals surface area contributed by atoms with Crippen molar-refractivity contribution < 1.29 is 9.63 Å². The lowest BCUT2D eigenvalue weighted by atomic mass is 9.99. The van der Waals surface area contributed by atoms with Gasteiger partial charge in [0.2, 0.25) is 5.91 Å². The van der Waals surface area contributed by atoms with Crippen LogP contribution in [0.3, 0.4) is 0 Å². The standard InChI is InChI=1S/C21H22BrN3O2/c1-21(23-20(24(2)27-21)16-7-9-18(22)10-8-16)13-19(26)25-12-11-15-5-3-4-6-17(15)14-25/h3-10H,11-14H2,1-2H3. The summed E-state index contributed by atoms with van der Waals surface area (Å²) in [5.41, 5.74) is 2.64. The van der Waals surface area contributed by atoms with Gasteiger partial charge in [0.05, 0.1) is 6.42 Å². The fraction of sp³-hybridized carbons (Fsp3) is 0.333. The minimum absolute atomic E-state index is 0.0706. The topological polar surface area (TPSA) is 45.1 Å². The van der Waals surface area contributed by atoms with Crippen LogP contribution in [0.5, 0.6) is 0 Å². The van der Waals surface area contributed by atoms with Crippen LogP contribution in [0.15, 0.2) is 58.0 Å². The molecule has 2 aromatic carbocycles. The average molecular weight is 428 g/mol. The second-order valence-electron chi connectivity index (χ2n) is 7.22. The van der Waals surface area contributed by atoms with Crippen LogP contribution in [0.4, 0.5) is 0 Å². The Bertz CT molecular complexity index is 897. The zero-order valence-electron chi connectivity index (χ0n) is 15.5. The normalized spacial score (nSPS) is 21.8. The third-order valence-corrected chi connectivity index (χ3v) is 5.57. The van der Waals surface area contributed by atoms with E-state index in [4.69, 9.17) is 9.83 Å². The van der Waals surface area contributed by atoms with Crippen LogP contribution in [0.1, 0.15) is 30.0 Å². The number of carbonyl (C=O) groups is 1. The van der Waals surface area contributed by atoms with Gasteiger partial charge in [0, 0.05) is 30.2 Å². The molecule has 140 valence electrons. The zero-order valence-corrected chi connectivity index (χ0v) is 17.1. The van der Waals surface area contributed by atoms with Gasteiger partial charge in [-0.05, 0) is 36.6 Å². The lowest BCUT2D eigenvalue weighted by Gasteiger charge is -2.31. The molecule has 6 heteroatoms. The molecule has 5 nitrogen and oxygen atoms in total. The highest BCUT2D eigenvalue weighted by Gasteiger charge is 2.39. The molecule has 1 amide bonds. The van der Waals surface area contributed by atoms with Crippen LogP contribution in [0.25, 0.3) is 0 Å². The Morgan fingerprint density at radius 1 is 1.19 bits per heavy atom. The lowest BCUT2D eigenvalue weighted by Crippen LogP contribution is -2.40. The lowest BCUT2D eigenvalue weighted by molar-refractivity contribution is -0.170. The molecular formula is C21H22BrN3O2. The van der Waals surface area contributed by atoms with Crippen molar-refractivity contribution in [1.82, 2.24) is 9.96 Å². The van der Waals surface area contributed by atoms with E-state index in [0.29, 0.717) is 6.54 Å². The van der Waals surface area contributed by atoms with Crippen LogP contribution in [-0.4, -0.2) is 41.0 Å². The Morgan fingerprint density at radius 2 is 1.89 bits per heavy atom. The van der Waals surface area contributed by atoms with Gasteiger partial charge >= 0.3 is 0 Å². The summed E-state index contributed by atoms with van der Waals surface area (Å²) in [7, 11) is 1.83. The number of nitrogens with zero attached hydrogens (tertiary/aromatic N) is 3. The predicted molar refractivity (Wildman–Crippen MR) is 108 cm³/mol. The second-order valence-corrected chi connectivity index (χ2v) is 8.13. The Balaban J connectivity index is 1.49. The molecule has 27 heavy (non-hydrogen) atoms. The van der Waals surface area contributed by atoms with Crippen LogP contribution < -0.4 is 0 Å². The third-order valence-electron chi connectivity index (χ3n) is 5.04. The second kappa shape index (κ2) is 7.09. The number of hydroxylamine groups is 2. The van der Waals surface area contributed by atoms with E-state index in [2.05, 4.69) is 34.1 Å². The molecule has 2 aliphatic rings. The summed E-state index contributed by atoms with van der Waals surface area (Å²) in [5, 5.41) is 1.65. The van der Waals surface area contributed by atoms with Gasteiger partial charge in [-0.15, -0.1) is 0 Å². The summed E-state index contributed by atoms with van der Waals surface area (Å²) < 4.78 is 1.01. The van der Waals surface area contributed by atoms with Crippen LogP contribution in [0.2, 0.25) is 0 Å². The highest BCUT2D eigenvalue weighted by molar-refractivity contribution is 9.10. The fourth-order valence-electron chi connectivity index (χ4n) is 3.67. The molecule has 0 radical (unpaired) electrons. The number of aliphatic imine (C=N–C) groups is 1. The highest BCUT2D eigenvalue weighted by Crippen LogP contribution is 2.30. The van der Waals surface area contributed by atoms with Crippen LogP contribution in [0, 0.1) is 0 Å². The van der Waals surface area contributed by atoms with E-state index >= 15 is 0 Å². The molecule has 0 aromatic heterocycles. The number of amidine groups is 1. The van der Waals surface area contributed by atoms with Gasteiger partial charge in [0.25, 0.3) is 0 Å². The Labute approximate surface area is 167 Å². The molecule has 0 N–H and O–H groups in total. The van der Waals surface area contributed by atoms with Gasteiger partial charge < -0.3 is 4.90 Å². The first-order valence-electron chi connectivity index (χ1n) is 9.07. The number of halogens is 1. The molecule has 1 unspecified atom stereocenters. The van der Waals surface area contributed by atoms with Crippen LogP contribution in [-0.2, 0) is 22.6 Å². The van der Waals surface area contributed by atoms with E-state index in [1.54, 1.807) is 5.06 Å². The summed E-state index contributed by atoms with van der Waals surface area (Å²) in [6, 6.07) is 16.2. The minimum atomic E-state index is -0.884. The molecule has 0 spiro atoms. The molecule has 4 rings (SSSR count). The molecule has 0 aliphatic carbocycles. The smallest absolute Gasteiger partial charge is 0.227 e. The van der Waals surface area contributed by atoms with Gasteiger partial charge in [0.15, 0.2) is 11.6 Å². The largest absolute Gasteiger partial charge is 0.338 e. The fourth-order valence-corrected chi connectivity index (χ4v) is 3.94. The van der Waals surface area contributed by atoms with E-state index in [-0.39, 0.29) is 12.3 Å². The molecule has 0 saturated carbocycles. The van der Waals surface area contributed by atoms with E-state index in [1.165, 1.54) is 11.1 Å². The maximum absolute atomic E-state index is 12.9. The molecule has 1 atom stereocenters. The summed E-state index contributed by atoms with van der Waals surface area (Å²) >= 11 is 3.45. The van der Waals surface area contributed by atoms with Crippen molar-refractivity contribution in [2.75, 3.05) is 13.6 Å². The molecule has 2 heterocycles. The highest BCUT2D eigenvalue weighted by atomic mass is 79.9. The Kier molecular flexibility index (Phi) is 4.78. The van der Waals surface area contributed by atoms with Crippen molar-refractivity contribution in [2.45, 2.75) is 32.0 Å². The number of fused-ring (bicyclic) bond motifs is 1. The van der Waals surface area contributed by atoms with Gasteiger partial charge in [-0.1, -0.05) is 52.3 Å². The van der Waals surface area contributed by atoms with Crippen LogP contribution >= 0.6 is 15.9 Å². The number of carbonyl (C=O) groups excluding carboxylic acids is 1. The first kappa shape index (κ1) is 18.2. The Hall–Kier alpha value is -2.18. The maximum atomic E-state index is 12.9. The molecule has 0 fully saturated rings. The number of amides is 1. The first-order valence-corrected chi connectivity index (χ1v) is 9.86. The van der Waals surface area contributed by atoms with E-state index in [9.17, 15) is 4.79 Å². The first-order chi connectivity index (χ1) is 12.9. The summed E-state index contributed by atoms with van der Waals surface area (Å²) in [4.78, 5) is 25.5.